The molecule has 2 fully saturated rings. The van der Waals surface area contributed by atoms with Crippen LogP contribution in [0, 0.1) is 5.82 Å². The van der Waals surface area contributed by atoms with Crippen LogP contribution < -0.4 is 0 Å². The summed E-state index contributed by atoms with van der Waals surface area (Å²) in [7, 11) is 0. The average molecular weight is 321 g/mol. The largest absolute Gasteiger partial charge is 0.448 e. The quantitative estimate of drug-likeness (QED) is 0.828. The van der Waals surface area contributed by atoms with Gasteiger partial charge in [0.2, 0.25) is 0 Å². The van der Waals surface area contributed by atoms with Crippen LogP contribution in [0.25, 0.3) is 0 Å². The fourth-order valence-corrected chi connectivity index (χ4v) is 3.15. The third-order valence-corrected chi connectivity index (χ3v) is 4.53. The standard InChI is InChI=1S/C17H24FN3O2/c18-16-4-2-15(3-5-16)14-20-7-1-6-19(8-9-20)10-11-21-12-13-23-17(21)22/h2-5H,1,6-14H2. The Morgan fingerprint density at radius 3 is 2.43 bits per heavy atom. The maximum absolute atomic E-state index is 13.0. The Morgan fingerprint density at radius 2 is 1.70 bits per heavy atom. The molecule has 0 atom stereocenters. The van der Waals surface area contributed by atoms with Gasteiger partial charge in [0.15, 0.2) is 0 Å². The van der Waals surface area contributed by atoms with Crippen LogP contribution in [0.5, 0.6) is 0 Å². The van der Waals surface area contributed by atoms with Gasteiger partial charge in [0, 0.05) is 32.7 Å². The molecule has 0 aromatic heterocycles. The minimum absolute atomic E-state index is 0.183. The Bertz CT molecular complexity index is 523. The summed E-state index contributed by atoms with van der Waals surface area (Å²) in [4.78, 5) is 18.1. The van der Waals surface area contributed by atoms with Gasteiger partial charge < -0.3 is 14.5 Å². The summed E-state index contributed by atoms with van der Waals surface area (Å²) in [6.45, 7) is 7.87. The molecule has 5 nitrogen and oxygen atoms in total. The van der Waals surface area contributed by atoms with Gasteiger partial charge in [-0.15, -0.1) is 0 Å². The number of hydrogen-bond acceptors (Lipinski definition) is 4. The number of hydrogen-bond donors (Lipinski definition) is 0. The fraction of sp³-hybridized carbons (Fsp3) is 0.588. The van der Waals surface area contributed by atoms with Crippen LogP contribution in [0.2, 0.25) is 0 Å². The van der Waals surface area contributed by atoms with Crippen molar-refractivity contribution in [2.45, 2.75) is 13.0 Å². The Labute approximate surface area is 136 Å². The highest BCUT2D eigenvalue weighted by atomic mass is 19.1. The first-order valence-corrected chi connectivity index (χ1v) is 8.31. The molecule has 126 valence electrons. The number of amides is 1. The molecule has 2 heterocycles. The zero-order chi connectivity index (χ0) is 16.1. The number of benzene rings is 1. The number of cyclic esters (lactones) is 1. The first-order chi connectivity index (χ1) is 11.2. The van der Waals surface area contributed by atoms with Crippen molar-refractivity contribution in [3.05, 3.63) is 35.6 Å². The number of carbonyl (C=O) groups is 1. The monoisotopic (exact) mass is 321 g/mol. The molecule has 0 saturated carbocycles. The van der Waals surface area contributed by atoms with E-state index in [0.717, 1.165) is 57.8 Å². The molecule has 2 saturated heterocycles. The Balaban J connectivity index is 1.43. The van der Waals surface area contributed by atoms with Crippen molar-refractivity contribution in [1.29, 1.82) is 0 Å². The van der Waals surface area contributed by atoms with E-state index in [-0.39, 0.29) is 11.9 Å². The van der Waals surface area contributed by atoms with Gasteiger partial charge in [0.25, 0.3) is 0 Å². The molecule has 2 aliphatic heterocycles. The van der Waals surface area contributed by atoms with E-state index < -0.39 is 0 Å². The SMILES string of the molecule is O=C1OCCN1CCN1CCCN(Cc2ccc(F)cc2)CC1. The van der Waals surface area contributed by atoms with Gasteiger partial charge in [0.05, 0.1) is 6.54 Å². The summed E-state index contributed by atoms with van der Waals surface area (Å²) in [6, 6.07) is 6.76. The van der Waals surface area contributed by atoms with Crippen LogP contribution in [-0.2, 0) is 11.3 Å². The van der Waals surface area contributed by atoms with Crippen LogP contribution in [0.3, 0.4) is 0 Å². The van der Waals surface area contributed by atoms with Crippen molar-refractivity contribution in [1.82, 2.24) is 14.7 Å². The molecule has 0 unspecified atom stereocenters. The second kappa shape index (κ2) is 7.75. The molecule has 0 aliphatic carbocycles. The van der Waals surface area contributed by atoms with Gasteiger partial charge in [-0.25, -0.2) is 9.18 Å². The van der Waals surface area contributed by atoms with Gasteiger partial charge in [-0.2, -0.15) is 0 Å². The number of ether oxygens (including phenoxy) is 1. The average Bonchev–Trinajstić information content (AvgIpc) is 2.83. The van der Waals surface area contributed by atoms with E-state index in [0.29, 0.717) is 13.2 Å². The summed E-state index contributed by atoms with van der Waals surface area (Å²) in [6.07, 6.45) is 0.934. The second-order valence-electron chi connectivity index (χ2n) is 6.20. The third kappa shape index (κ3) is 4.65. The lowest BCUT2D eigenvalue weighted by Crippen LogP contribution is -2.37. The number of halogens is 1. The molecule has 1 aromatic carbocycles. The van der Waals surface area contributed by atoms with E-state index in [9.17, 15) is 9.18 Å². The Kier molecular flexibility index (Phi) is 5.46. The predicted octanol–water partition coefficient (Wildman–Crippen LogP) is 1.79. The predicted molar refractivity (Wildman–Crippen MR) is 85.7 cm³/mol. The highest BCUT2D eigenvalue weighted by molar-refractivity contribution is 5.69. The van der Waals surface area contributed by atoms with Gasteiger partial charge in [-0.3, -0.25) is 4.90 Å². The van der Waals surface area contributed by atoms with Crippen molar-refractivity contribution < 1.29 is 13.9 Å². The second-order valence-corrected chi connectivity index (χ2v) is 6.20. The van der Waals surface area contributed by atoms with Gasteiger partial charge in [-0.05, 0) is 37.2 Å². The summed E-state index contributed by atoms with van der Waals surface area (Å²) in [5, 5.41) is 0. The first-order valence-electron chi connectivity index (χ1n) is 8.31. The maximum atomic E-state index is 13.0. The molecule has 1 amide bonds. The topological polar surface area (TPSA) is 36.0 Å². The van der Waals surface area contributed by atoms with E-state index in [1.807, 2.05) is 12.1 Å². The third-order valence-electron chi connectivity index (χ3n) is 4.53. The minimum Gasteiger partial charge on any atom is -0.448 e. The van der Waals surface area contributed by atoms with Crippen molar-refractivity contribution >= 4 is 6.09 Å². The molecule has 3 rings (SSSR count). The molecule has 2 aliphatic rings. The van der Waals surface area contributed by atoms with Gasteiger partial charge in [0.1, 0.15) is 12.4 Å². The van der Waals surface area contributed by atoms with E-state index in [1.54, 1.807) is 4.90 Å². The van der Waals surface area contributed by atoms with Crippen LogP contribution in [0.15, 0.2) is 24.3 Å². The van der Waals surface area contributed by atoms with Crippen LogP contribution in [0.1, 0.15) is 12.0 Å². The number of nitrogens with zero attached hydrogens (tertiary/aromatic N) is 3. The van der Waals surface area contributed by atoms with Crippen molar-refractivity contribution in [3.8, 4) is 0 Å². The van der Waals surface area contributed by atoms with E-state index >= 15 is 0 Å². The van der Waals surface area contributed by atoms with Crippen molar-refractivity contribution in [3.63, 3.8) is 0 Å². The first kappa shape index (κ1) is 16.2. The zero-order valence-electron chi connectivity index (χ0n) is 13.4. The van der Waals surface area contributed by atoms with E-state index in [2.05, 4.69) is 9.80 Å². The molecular weight excluding hydrogens is 297 g/mol. The Morgan fingerprint density at radius 1 is 0.957 bits per heavy atom. The smallest absolute Gasteiger partial charge is 0.409 e. The van der Waals surface area contributed by atoms with Crippen LogP contribution in [0.4, 0.5) is 9.18 Å². The van der Waals surface area contributed by atoms with Crippen LogP contribution in [-0.4, -0.2) is 73.2 Å². The molecule has 0 bridgehead atoms. The molecule has 0 radical (unpaired) electrons. The highest BCUT2D eigenvalue weighted by Gasteiger charge is 2.22. The molecule has 1 aromatic rings. The lowest BCUT2D eigenvalue weighted by Gasteiger charge is -2.23. The van der Waals surface area contributed by atoms with Crippen molar-refractivity contribution in [2.75, 3.05) is 52.4 Å². The zero-order valence-corrected chi connectivity index (χ0v) is 13.4. The summed E-state index contributed by atoms with van der Waals surface area (Å²) in [5.41, 5.74) is 1.15. The molecule has 0 spiro atoms. The molecular formula is C17H24FN3O2. The normalized spacial score (nSPS) is 20.6. The van der Waals surface area contributed by atoms with Gasteiger partial charge >= 0.3 is 6.09 Å². The lowest BCUT2D eigenvalue weighted by atomic mass is 10.2. The summed E-state index contributed by atoms with van der Waals surface area (Å²) >= 11 is 0. The highest BCUT2D eigenvalue weighted by Crippen LogP contribution is 2.11. The van der Waals surface area contributed by atoms with Crippen molar-refractivity contribution in [2.24, 2.45) is 0 Å². The molecule has 23 heavy (non-hydrogen) atoms. The number of rotatable bonds is 5. The minimum atomic E-state index is -0.184. The summed E-state index contributed by atoms with van der Waals surface area (Å²) in [5.74, 6) is -0.184. The summed E-state index contributed by atoms with van der Waals surface area (Å²) < 4.78 is 17.9. The van der Waals surface area contributed by atoms with Gasteiger partial charge in [-0.1, -0.05) is 12.1 Å². The van der Waals surface area contributed by atoms with E-state index in [4.69, 9.17) is 4.74 Å². The Hall–Kier alpha value is -1.66. The number of carbonyl (C=O) groups excluding carboxylic acids is 1. The lowest BCUT2D eigenvalue weighted by molar-refractivity contribution is 0.153. The fourth-order valence-electron chi connectivity index (χ4n) is 3.15. The molecule has 0 N–H and O–H groups in total. The molecule has 6 heteroatoms. The van der Waals surface area contributed by atoms with Crippen LogP contribution >= 0.6 is 0 Å². The van der Waals surface area contributed by atoms with E-state index in [1.165, 1.54) is 12.1 Å². The maximum Gasteiger partial charge on any atom is 0.409 e.